The highest BCUT2D eigenvalue weighted by Gasteiger charge is 2.24. The maximum atomic E-state index is 14.8. The van der Waals surface area contributed by atoms with E-state index in [-0.39, 0.29) is 49.8 Å². The number of anilines is 2. The molecule has 0 unspecified atom stereocenters. The number of nitrogens with one attached hydrogen (secondary N) is 1. The van der Waals surface area contributed by atoms with Gasteiger partial charge in [0.1, 0.15) is 22.5 Å². The summed E-state index contributed by atoms with van der Waals surface area (Å²) in [7, 11) is -3.36. The van der Waals surface area contributed by atoms with Crippen LogP contribution < -0.4 is 11.1 Å². The molecule has 3 rings (SSSR count). The molecule has 7 nitrogen and oxygen atoms in total. The normalized spacial score (nSPS) is 12.2. The number of rotatable bonds is 9. The van der Waals surface area contributed by atoms with Crippen molar-refractivity contribution in [3.63, 3.8) is 0 Å². The van der Waals surface area contributed by atoms with Gasteiger partial charge in [0, 0.05) is 4.88 Å². The molecule has 0 aliphatic heterocycles. The van der Waals surface area contributed by atoms with Crippen LogP contribution >= 0.6 is 11.3 Å². The highest BCUT2D eigenvalue weighted by Crippen LogP contribution is 2.40. The van der Waals surface area contributed by atoms with Crippen LogP contribution in [-0.4, -0.2) is 30.2 Å². The van der Waals surface area contributed by atoms with Crippen LogP contribution in [0.2, 0.25) is 0 Å². The molecule has 0 aliphatic rings. The van der Waals surface area contributed by atoms with Gasteiger partial charge in [-0.25, -0.2) is 22.2 Å². The van der Waals surface area contributed by atoms with Crippen molar-refractivity contribution >= 4 is 37.9 Å². The molecule has 0 aliphatic carbocycles. The van der Waals surface area contributed by atoms with E-state index in [0.29, 0.717) is 5.69 Å². The van der Waals surface area contributed by atoms with Crippen molar-refractivity contribution in [3.05, 3.63) is 64.9 Å². The average Bonchev–Trinajstić information content (AvgIpc) is 3.09. The van der Waals surface area contributed by atoms with E-state index < -0.39 is 33.0 Å². The van der Waals surface area contributed by atoms with Crippen LogP contribution in [0, 0.1) is 17.6 Å². The molecule has 2 aromatic heterocycles. The third-order valence-electron chi connectivity index (χ3n) is 5.00. The molecule has 35 heavy (non-hydrogen) atoms. The number of aromatic nitrogens is 1. The molecule has 0 saturated carbocycles. The van der Waals surface area contributed by atoms with Gasteiger partial charge >= 0.3 is 0 Å². The fourth-order valence-electron chi connectivity index (χ4n) is 3.49. The molecule has 188 valence electrons. The Kier molecular flexibility index (Phi) is 7.63. The fourth-order valence-corrected chi connectivity index (χ4v) is 6.35. The summed E-state index contributed by atoms with van der Waals surface area (Å²) in [6.45, 7) is 6.45. The van der Waals surface area contributed by atoms with E-state index in [4.69, 9.17) is 5.73 Å². The number of halogens is 2. The molecule has 4 N–H and O–H groups in total. The Morgan fingerprint density at radius 3 is 2.37 bits per heavy atom. The van der Waals surface area contributed by atoms with Gasteiger partial charge < -0.3 is 16.2 Å². The lowest BCUT2D eigenvalue weighted by Gasteiger charge is -2.18. The third kappa shape index (κ3) is 6.62. The lowest BCUT2D eigenvalue weighted by molar-refractivity contribution is 0.0778. The van der Waals surface area contributed by atoms with Crippen molar-refractivity contribution in [1.29, 1.82) is 0 Å². The van der Waals surface area contributed by atoms with Crippen molar-refractivity contribution in [2.45, 2.75) is 39.0 Å². The smallest absolute Gasteiger partial charge is 0.251 e. The third-order valence-corrected chi connectivity index (χ3v) is 7.97. The lowest BCUT2D eigenvalue weighted by atomic mass is 9.96. The van der Waals surface area contributed by atoms with Crippen LogP contribution in [0.1, 0.15) is 49.3 Å². The van der Waals surface area contributed by atoms with Crippen LogP contribution in [0.4, 0.5) is 19.6 Å². The molecule has 11 heteroatoms. The van der Waals surface area contributed by atoms with Gasteiger partial charge in [-0.15, -0.1) is 11.3 Å². The summed E-state index contributed by atoms with van der Waals surface area (Å²) in [6, 6.07) is 8.12. The number of primary amides is 1. The SMILES string of the molecule is CC(C)CS(=O)(=O)Cc1cccc(Nc2sc(-c3c(F)cc(C(C)(C)O)cc3F)cc2C(N)=O)n1. The molecule has 0 fully saturated rings. The monoisotopic (exact) mass is 523 g/mol. The highest BCUT2D eigenvalue weighted by molar-refractivity contribution is 7.90. The van der Waals surface area contributed by atoms with Gasteiger partial charge in [-0.1, -0.05) is 19.9 Å². The fraction of sp³-hybridized carbons (Fsp3) is 0.333. The van der Waals surface area contributed by atoms with E-state index in [1.54, 1.807) is 18.2 Å². The molecule has 1 aromatic carbocycles. The van der Waals surface area contributed by atoms with Crippen LogP contribution in [-0.2, 0) is 21.2 Å². The predicted molar refractivity (Wildman–Crippen MR) is 133 cm³/mol. The van der Waals surface area contributed by atoms with E-state index in [0.717, 1.165) is 23.5 Å². The van der Waals surface area contributed by atoms with Crippen molar-refractivity contribution < 1.29 is 27.1 Å². The average molecular weight is 524 g/mol. The maximum Gasteiger partial charge on any atom is 0.251 e. The first-order valence-corrected chi connectivity index (χ1v) is 13.4. The first kappa shape index (κ1) is 26.7. The second-order valence-electron chi connectivity index (χ2n) is 9.18. The number of thiophene rings is 1. The summed E-state index contributed by atoms with van der Waals surface area (Å²) in [5.41, 5.74) is 4.05. The van der Waals surface area contributed by atoms with Crippen LogP contribution in [0.3, 0.4) is 0 Å². The Balaban J connectivity index is 1.96. The molecule has 0 radical (unpaired) electrons. The van der Waals surface area contributed by atoms with E-state index in [9.17, 15) is 27.1 Å². The summed E-state index contributed by atoms with van der Waals surface area (Å²) in [5.74, 6) is -2.63. The second-order valence-corrected chi connectivity index (χ2v) is 12.3. The maximum absolute atomic E-state index is 14.8. The summed E-state index contributed by atoms with van der Waals surface area (Å²) in [4.78, 5) is 16.4. The highest BCUT2D eigenvalue weighted by atomic mass is 32.2. The number of carbonyl (C=O) groups excluding carboxylic acids is 1. The first-order valence-electron chi connectivity index (χ1n) is 10.8. The molecule has 3 aromatic rings. The van der Waals surface area contributed by atoms with Gasteiger partial charge in [-0.05, 0) is 55.7 Å². The number of benzene rings is 1. The van der Waals surface area contributed by atoms with Crippen LogP contribution in [0.15, 0.2) is 36.4 Å². The minimum Gasteiger partial charge on any atom is -0.386 e. The Labute approximate surface area is 206 Å². The molecule has 0 saturated heterocycles. The van der Waals surface area contributed by atoms with Crippen molar-refractivity contribution in [1.82, 2.24) is 4.98 Å². The molecule has 1 amide bonds. The van der Waals surface area contributed by atoms with Crippen LogP contribution in [0.5, 0.6) is 0 Å². The summed E-state index contributed by atoms with van der Waals surface area (Å²) in [6.07, 6.45) is 0. The van der Waals surface area contributed by atoms with E-state index in [1.165, 1.54) is 19.9 Å². The van der Waals surface area contributed by atoms with Crippen molar-refractivity contribution in [3.8, 4) is 10.4 Å². The minimum atomic E-state index is -3.36. The van der Waals surface area contributed by atoms with Gasteiger partial charge in [0.15, 0.2) is 9.84 Å². The van der Waals surface area contributed by atoms with Gasteiger partial charge in [0.25, 0.3) is 5.91 Å². The van der Waals surface area contributed by atoms with Gasteiger partial charge in [0.2, 0.25) is 0 Å². The number of sulfone groups is 1. The minimum absolute atomic E-state index is 0.00463. The number of hydrogen-bond donors (Lipinski definition) is 3. The Bertz CT molecular complexity index is 1340. The van der Waals surface area contributed by atoms with Gasteiger partial charge in [-0.2, -0.15) is 0 Å². The van der Waals surface area contributed by atoms with Gasteiger partial charge in [0.05, 0.1) is 33.9 Å². The Hall–Kier alpha value is -2.89. The number of amides is 1. The number of hydrogen-bond acceptors (Lipinski definition) is 7. The molecular weight excluding hydrogens is 496 g/mol. The molecular formula is C24H27F2N3O4S2. The zero-order valence-electron chi connectivity index (χ0n) is 19.7. The standard InChI is InChI=1S/C24H27F2N3O4S2/c1-13(2)11-35(32,33)12-15-6-5-7-20(28-15)29-23-16(22(27)30)10-19(34-23)21-17(25)8-14(9-18(21)26)24(3,4)31/h5-10,13,31H,11-12H2,1-4H3,(H2,27,30)(H,28,29). The zero-order chi connectivity index (χ0) is 26.1. The van der Waals surface area contributed by atoms with E-state index in [2.05, 4.69) is 10.3 Å². The molecule has 0 bridgehead atoms. The quantitative estimate of drug-likeness (QED) is 0.373. The Morgan fingerprint density at radius 2 is 1.83 bits per heavy atom. The number of aliphatic hydroxyl groups is 1. The van der Waals surface area contributed by atoms with Crippen LogP contribution in [0.25, 0.3) is 10.4 Å². The zero-order valence-corrected chi connectivity index (χ0v) is 21.4. The summed E-state index contributed by atoms with van der Waals surface area (Å²) in [5, 5.41) is 13.2. The number of pyridine rings is 1. The summed E-state index contributed by atoms with van der Waals surface area (Å²) >= 11 is 0.892. The predicted octanol–water partition coefficient (Wildman–Crippen LogP) is 4.73. The van der Waals surface area contributed by atoms with Crippen molar-refractivity contribution in [2.24, 2.45) is 11.7 Å². The molecule has 2 heterocycles. The topological polar surface area (TPSA) is 122 Å². The summed E-state index contributed by atoms with van der Waals surface area (Å²) < 4.78 is 54.3. The molecule has 0 atom stereocenters. The second kappa shape index (κ2) is 10.00. The Morgan fingerprint density at radius 1 is 1.20 bits per heavy atom. The lowest BCUT2D eigenvalue weighted by Crippen LogP contribution is -2.16. The number of nitrogens with zero attached hydrogens (tertiary/aromatic N) is 1. The van der Waals surface area contributed by atoms with Crippen molar-refractivity contribution in [2.75, 3.05) is 11.1 Å². The molecule has 0 spiro atoms. The van der Waals surface area contributed by atoms with E-state index >= 15 is 0 Å². The largest absolute Gasteiger partial charge is 0.386 e. The number of nitrogens with two attached hydrogens (primary N) is 1. The number of carbonyl (C=O) groups is 1. The first-order chi connectivity index (χ1) is 16.2. The van der Waals surface area contributed by atoms with E-state index in [1.807, 2.05) is 13.8 Å². The van der Waals surface area contributed by atoms with Gasteiger partial charge in [-0.3, -0.25) is 4.79 Å².